The molecule has 1 aromatic heterocycles. The molecule has 1 aliphatic heterocycles. The number of aliphatic hydroxyl groups is 1. The number of halogens is 2. The van der Waals surface area contributed by atoms with E-state index in [4.69, 9.17) is 27.9 Å². The molecule has 0 amide bonds. The molecular weight excluding hydrogens is 337 g/mol. The molecule has 0 atom stereocenters. The summed E-state index contributed by atoms with van der Waals surface area (Å²) in [5.74, 6) is 0.625. The number of methoxy groups -OCH3 is 1. The van der Waals surface area contributed by atoms with Gasteiger partial charge in [-0.05, 0) is 18.9 Å². The van der Waals surface area contributed by atoms with Gasteiger partial charge >= 0.3 is 6.01 Å². The molecule has 5 nitrogen and oxygen atoms in total. The Kier molecular flexibility index (Phi) is 4.62. The highest BCUT2D eigenvalue weighted by Gasteiger charge is 2.36. The number of ether oxygens (including phenoxy) is 1. The van der Waals surface area contributed by atoms with E-state index in [0.717, 1.165) is 5.56 Å². The Balaban J connectivity index is 1.80. The van der Waals surface area contributed by atoms with Gasteiger partial charge in [-0.2, -0.15) is 4.98 Å². The molecule has 122 valence electrons. The number of nitrogens with zero attached hydrogens (tertiary/aromatic N) is 3. The van der Waals surface area contributed by atoms with Gasteiger partial charge in [0.1, 0.15) is 5.02 Å². The van der Waals surface area contributed by atoms with Crippen molar-refractivity contribution in [3.8, 4) is 6.01 Å². The lowest BCUT2D eigenvalue weighted by Crippen LogP contribution is -2.43. The van der Waals surface area contributed by atoms with Crippen LogP contribution in [0.3, 0.4) is 0 Å². The second-order valence-electron chi connectivity index (χ2n) is 5.53. The number of hydrogen-bond acceptors (Lipinski definition) is 5. The predicted octanol–water partition coefficient (Wildman–Crippen LogP) is 3.28. The van der Waals surface area contributed by atoms with Gasteiger partial charge in [-0.25, -0.2) is 4.98 Å². The lowest BCUT2D eigenvalue weighted by atomic mass is 9.84. The van der Waals surface area contributed by atoms with Crippen LogP contribution < -0.4 is 9.64 Å². The minimum absolute atomic E-state index is 0.274. The van der Waals surface area contributed by atoms with Crippen molar-refractivity contribution in [2.24, 2.45) is 0 Å². The fraction of sp³-hybridized carbons (Fsp3) is 0.375. The molecule has 1 fully saturated rings. The third-order valence-corrected chi connectivity index (χ3v) is 4.75. The van der Waals surface area contributed by atoms with E-state index in [2.05, 4.69) is 9.97 Å². The van der Waals surface area contributed by atoms with E-state index in [1.54, 1.807) is 6.07 Å². The topological polar surface area (TPSA) is 58.5 Å². The van der Waals surface area contributed by atoms with E-state index in [0.29, 0.717) is 41.8 Å². The first-order valence-corrected chi connectivity index (χ1v) is 8.08. The molecule has 1 N–H and O–H groups in total. The summed E-state index contributed by atoms with van der Waals surface area (Å²) in [6, 6.07) is 7.69. The summed E-state index contributed by atoms with van der Waals surface area (Å²) < 4.78 is 5.05. The minimum Gasteiger partial charge on any atom is -0.467 e. The number of rotatable bonds is 3. The highest BCUT2D eigenvalue weighted by Crippen LogP contribution is 2.38. The fourth-order valence-corrected chi connectivity index (χ4v) is 3.38. The van der Waals surface area contributed by atoms with Crippen LogP contribution in [0.4, 0.5) is 5.82 Å². The van der Waals surface area contributed by atoms with Crippen molar-refractivity contribution in [1.82, 2.24) is 9.97 Å². The predicted molar refractivity (Wildman–Crippen MR) is 90.4 cm³/mol. The van der Waals surface area contributed by atoms with Crippen molar-refractivity contribution in [2.75, 3.05) is 25.1 Å². The van der Waals surface area contributed by atoms with Crippen molar-refractivity contribution >= 4 is 29.0 Å². The van der Waals surface area contributed by atoms with Crippen LogP contribution in [0.1, 0.15) is 18.4 Å². The largest absolute Gasteiger partial charge is 0.467 e. The van der Waals surface area contributed by atoms with Gasteiger partial charge in [0.25, 0.3) is 0 Å². The molecular formula is C16H17Cl2N3O2. The summed E-state index contributed by atoms with van der Waals surface area (Å²) in [6.45, 7) is 1.23. The minimum atomic E-state index is -0.932. The van der Waals surface area contributed by atoms with Gasteiger partial charge in [-0.3, -0.25) is 0 Å². The third-order valence-electron chi connectivity index (χ3n) is 4.15. The molecule has 3 rings (SSSR count). The number of piperidine rings is 1. The maximum Gasteiger partial charge on any atom is 0.318 e. The maximum absolute atomic E-state index is 11.0. The highest BCUT2D eigenvalue weighted by molar-refractivity contribution is 6.32. The van der Waals surface area contributed by atoms with Crippen molar-refractivity contribution < 1.29 is 9.84 Å². The Bertz CT molecular complexity index is 703. The van der Waals surface area contributed by atoms with Gasteiger partial charge in [0.05, 0.1) is 18.9 Å². The molecule has 0 radical (unpaired) electrons. The van der Waals surface area contributed by atoms with E-state index < -0.39 is 5.60 Å². The van der Waals surface area contributed by atoms with Crippen LogP contribution in [0.25, 0.3) is 0 Å². The summed E-state index contributed by atoms with van der Waals surface area (Å²) in [6.07, 6.45) is 2.61. The number of benzene rings is 1. The molecule has 0 bridgehead atoms. The third kappa shape index (κ3) is 3.22. The first-order valence-electron chi connectivity index (χ1n) is 7.32. The van der Waals surface area contributed by atoms with Crippen molar-refractivity contribution in [2.45, 2.75) is 18.4 Å². The molecule has 0 spiro atoms. The first-order chi connectivity index (χ1) is 11.0. The smallest absolute Gasteiger partial charge is 0.318 e. The zero-order chi connectivity index (χ0) is 16.4. The molecule has 2 heterocycles. The fourth-order valence-electron chi connectivity index (χ4n) is 2.86. The summed E-state index contributed by atoms with van der Waals surface area (Å²) in [5.41, 5.74) is -0.161. The van der Waals surface area contributed by atoms with Crippen LogP contribution in [0.15, 0.2) is 30.5 Å². The van der Waals surface area contributed by atoms with Crippen LogP contribution in [-0.4, -0.2) is 35.3 Å². The van der Waals surface area contributed by atoms with E-state index in [9.17, 15) is 5.11 Å². The molecule has 0 saturated carbocycles. The van der Waals surface area contributed by atoms with Crippen molar-refractivity contribution in [3.63, 3.8) is 0 Å². The highest BCUT2D eigenvalue weighted by atomic mass is 35.5. The van der Waals surface area contributed by atoms with Crippen LogP contribution in [0.2, 0.25) is 10.0 Å². The monoisotopic (exact) mass is 353 g/mol. The van der Waals surface area contributed by atoms with Gasteiger partial charge in [-0.1, -0.05) is 41.4 Å². The van der Waals surface area contributed by atoms with Gasteiger partial charge < -0.3 is 14.7 Å². The lowest BCUT2D eigenvalue weighted by molar-refractivity contribution is 0.0117. The Morgan fingerprint density at radius 3 is 2.52 bits per heavy atom. The first kappa shape index (κ1) is 16.3. The van der Waals surface area contributed by atoms with Gasteiger partial charge in [0.2, 0.25) is 0 Å². The van der Waals surface area contributed by atoms with Crippen molar-refractivity contribution in [3.05, 3.63) is 46.1 Å². The molecule has 23 heavy (non-hydrogen) atoms. The van der Waals surface area contributed by atoms with Gasteiger partial charge in [-0.15, -0.1) is 0 Å². The molecule has 1 saturated heterocycles. The Morgan fingerprint density at radius 1 is 1.17 bits per heavy atom. The SMILES string of the molecule is COc1ncc(Cl)c(N2CCC(O)(c3ccccc3Cl)CC2)n1. The summed E-state index contributed by atoms with van der Waals surface area (Å²) in [7, 11) is 1.51. The van der Waals surface area contributed by atoms with E-state index in [-0.39, 0.29) is 6.01 Å². The number of hydrogen-bond donors (Lipinski definition) is 1. The summed E-state index contributed by atoms with van der Waals surface area (Å²) in [5, 5.41) is 12.0. The second-order valence-corrected chi connectivity index (χ2v) is 6.34. The van der Waals surface area contributed by atoms with E-state index in [1.165, 1.54) is 13.3 Å². The Labute approximate surface area is 144 Å². The number of anilines is 1. The maximum atomic E-state index is 11.0. The lowest BCUT2D eigenvalue weighted by Gasteiger charge is -2.39. The zero-order valence-corrected chi connectivity index (χ0v) is 14.2. The average molecular weight is 354 g/mol. The van der Waals surface area contributed by atoms with Gasteiger partial charge in [0.15, 0.2) is 5.82 Å². The Morgan fingerprint density at radius 2 is 1.87 bits per heavy atom. The summed E-state index contributed by atoms with van der Waals surface area (Å²) in [4.78, 5) is 10.3. The van der Waals surface area contributed by atoms with Gasteiger partial charge in [0, 0.05) is 23.7 Å². The normalized spacial score (nSPS) is 17.1. The van der Waals surface area contributed by atoms with Crippen LogP contribution >= 0.6 is 23.2 Å². The molecule has 2 aromatic rings. The standard InChI is InChI=1S/C16H17Cl2N3O2/c1-23-15-19-10-13(18)14(20-15)21-8-6-16(22,7-9-21)11-4-2-3-5-12(11)17/h2-5,10,22H,6-9H2,1H3. The Hall–Kier alpha value is -1.56. The second kappa shape index (κ2) is 6.51. The number of aromatic nitrogens is 2. The molecule has 7 heteroatoms. The summed E-state index contributed by atoms with van der Waals surface area (Å²) >= 11 is 12.4. The van der Waals surface area contributed by atoms with Crippen LogP contribution in [-0.2, 0) is 5.60 Å². The molecule has 1 aliphatic rings. The molecule has 0 aliphatic carbocycles. The van der Waals surface area contributed by atoms with E-state index in [1.807, 2.05) is 23.1 Å². The zero-order valence-electron chi connectivity index (χ0n) is 12.7. The molecule has 1 aromatic carbocycles. The van der Waals surface area contributed by atoms with Crippen LogP contribution in [0, 0.1) is 0 Å². The van der Waals surface area contributed by atoms with Crippen LogP contribution in [0.5, 0.6) is 6.01 Å². The quantitative estimate of drug-likeness (QED) is 0.917. The average Bonchev–Trinajstić information content (AvgIpc) is 2.56. The van der Waals surface area contributed by atoms with Crippen molar-refractivity contribution in [1.29, 1.82) is 0 Å². The molecule has 0 unspecified atom stereocenters. The van der Waals surface area contributed by atoms with E-state index >= 15 is 0 Å².